The summed E-state index contributed by atoms with van der Waals surface area (Å²) in [6, 6.07) is 0. The lowest BCUT2D eigenvalue weighted by molar-refractivity contribution is -0.152. The second kappa shape index (κ2) is 7.19. The van der Waals surface area contributed by atoms with Crippen LogP contribution in [0.4, 0.5) is 0 Å². The normalized spacial score (nSPS) is 46.1. The molecule has 0 aliphatic heterocycles. The monoisotopic (exact) mass is 374 g/mol. The molecule has 0 spiro atoms. The minimum atomic E-state index is -0.665. The highest BCUT2D eigenvalue weighted by atomic mass is 16.5. The fourth-order valence-electron chi connectivity index (χ4n) is 8.40. The number of rotatable bonds is 4. The Bertz CT molecular complexity index is 598. The van der Waals surface area contributed by atoms with E-state index < -0.39 is 5.97 Å². The van der Waals surface area contributed by atoms with Crippen molar-refractivity contribution in [3.05, 3.63) is 0 Å². The predicted octanol–water partition coefficient (Wildman–Crippen LogP) is 5.56. The van der Waals surface area contributed by atoms with Crippen LogP contribution in [0.15, 0.2) is 0 Å². The van der Waals surface area contributed by atoms with Crippen LogP contribution in [-0.2, 0) is 14.3 Å². The van der Waals surface area contributed by atoms with Crippen molar-refractivity contribution in [1.29, 1.82) is 0 Å². The number of carbonyl (C=O) groups is 2. The standard InChI is InChI=1S/C24H38O3/c1-23-14-5-4-6-16(23)7-10-18-19-11-8-17(9-12-21(25)22(26)27-3)24(19,2)15-13-20(18)23/h16-20H,4-15H2,1-3H3/t16?,17-,18?,19?,20?,23?,24?/m1/s1. The summed E-state index contributed by atoms with van der Waals surface area (Å²) in [5, 5.41) is 0. The van der Waals surface area contributed by atoms with E-state index in [-0.39, 0.29) is 5.78 Å². The number of carbonyl (C=O) groups excluding carboxylic acids is 2. The van der Waals surface area contributed by atoms with Gasteiger partial charge >= 0.3 is 5.97 Å². The number of Topliss-reactive ketones (excluding diaryl/α,β-unsaturated/α-hetero) is 1. The van der Waals surface area contributed by atoms with Gasteiger partial charge in [0.2, 0.25) is 5.78 Å². The zero-order chi connectivity index (χ0) is 19.2. The molecule has 3 nitrogen and oxygen atoms in total. The fourth-order valence-corrected chi connectivity index (χ4v) is 8.40. The molecule has 7 atom stereocenters. The first kappa shape index (κ1) is 19.5. The van der Waals surface area contributed by atoms with E-state index in [1.807, 2.05) is 0 Å². The molecule has 0 aromatic rings. The van der Waals surface area contributed by atoms with E-state index in [4.69, 9.17) is 0 Å². The molecule has 0 aromatic heterocycles. The summed E-state index contributed by atoms with van der Waals surface area (Å²) in [4.78, 5) is 23.4. The van der Waals surface area contributed by atoms with E-state index >= 15 is 0 Å². The van der Waals surface area contributed by atoms with Crippen LogP contribution in [0.5, 0.6) is 0 Å². The lowest BCUT2D eigenvalue weighted by Crippen LogP contribution is -2.52. The van der Waals surface area contributed by atoms with Crippen molar-refractivity contribution >= 4 is 11.8 Å². The highest BCUT2D eigenvalue weighted by Gasteiger charge is 2.59. The number of ether oxygens (including phenoxy) is 1. The molecule has 0 heterocycles. The summed E-state index contributed by atoms with van der Waals surface area (Å²) < 4.78 is 4.60. The van der Waals surface area contributed by atoms with Crippen LogP contribution in [-0.4, -0.2) is 18.9 Å². The van der Waals surface area contributed by atoms with Gasteiger partial charge in [0, 0.05) is 6.42 Å². The SMILES string of the molecule is COC(=O)C(=O)CC[C@H]1CCC2C3CCC4CCCCC4(C)C3CCC21C. The minimum Gasteiger partial charge on any atom is -0.463 e. The summed E-state index contributed by atoms with van der Waals surface area (Å²) in [6.07, 6.45) is 15.3. The van der Waals surface area contributed by atoms with Crippen LogP contribution >= 0.6 is 0 Å². The Hall–Kier alpha value is -0.860. The first-order valence-corrected chi connectivity index (χ1v) is 11.5. The summed E-state index contributed by atoms with van der Waals surface area (Å²) in [7, 11) is 1.30. The number of hydrogen-bond acceptors (Lipinski definition) is 3. The molecule has 0 bridgehead atoms. The average molecular weight is 375 g/mol. The van der Waals surface area contributed by atoms with E-state index in [2.05, 4.69) is 18.6 Å². The zero-order valence-corrected chi connectivity index (χ0v) is 17.6. The molecule has 4 rings (SSSR count). The second-order valence-electron chi connectivity index (χ2n) is 10.7. The number of fused-ring (bicyclic) bond motifs is 5. The first-order valence-electron chi connectivity index (χ1n) is 11.5. The average Bonchev–Trinajstić information content (AvgIpc) is 3.01. The molecule has 4 aliphatic carbocycles. The molecule has 4 saturated carbocycles. The fraction of sp³-hybridized carbons (Fsp3) is 0.917. The van der Waals surface area contributed by atoms with Crippen LogP contribution in [0.1, 0.15) is 90.9 Å². The van der Waals surface area contributed by atoms with Gasteiger partial charge in [0.05, 0.1) is 7.11 Å². The van der Waals surface area contributed by atoms with Gasteiger partial charge in [-0.05, 0) is 98.2 Å². The van der Waals surface area contributed by atoms with E-state index in [0.717, 1.165) is 30.1 Å². The van der Waals surface area contributed by atoms with Gasteiger partial charge in [-0.1, -0.05) is 26.7 Å². The van der Waals surface area contributed by atoms with Crippen LogP contribution in [0.2, 0.25) is 0 Å². The number of hydrogen-bond donors (Lipinski definition) is 0. The van der Waals surface area contributed by atoms with Gasteiger partial charge < -0.3 is 4.74 Å². The Kier molecular flexibility index (Phi) is 5.18. The van der Waals surface area contributed by atoms with Crippen molar-refractivity contribution in [2.24, 2.45) is 40.4 Å². The van der Waals surface area contributed by atoms with E-state index in [1.165, 1.54) is 71.3 Å². The third kappa shape index (κ3) is 3.08. The van der Waals surface area contributed by atoms with Crippen molar-refractivity contribution in [2.45, 2.75) is 90.9 Å². The molecule has 27 heavy (non-hydrogen) atoms. The number of methoxy groups -OCH3 is 1. The maximum Gasteiger partial charge on any atom is 0.374 e. The van der Waals surface area contributed by atoms with Gasteiger partial charge in [0.25, 0.3) is 0 Å². The smallest absolute Gasteiger partial charge is 0.374 e. The summed E-state index contributed by atoms with van der Waals surface area (Å²) in [6.45, 7) is 5.15. The predicted molar refractivity (Wildman–Crippen MR) is 106 cm³/mol. The van der Waals surface area contributed by atoms with Gasteiger partial charge in [-0.25, -0.2) is 4.79 Å². The highest BCUT2D eigenvalue weighted by Crippen LogP contribution is 2.67. The Balaban J connectivity index is 1.46. The van der Waals surface area contributed by atoms with Crippen molar-refractivity contribution in [1.82, 2.24) is 0 Å². The highest BCUT2D eigenvalue weighted by molar-refractivity contribution is 6.33. The molecule has 4 fully saturated rings. The molecular weight excluding hydrogens is 336 g/mol. The molecule has 152 valence electrons. The van der Waals surface area contributed by atoms with Crippen LogP contribution in [0.3, 0.4) is 0 Å². The Labute approximate surface area is 165 Å². The van der Waals surface area contributed by atoms with Crippen molar-refractivity contribution in [3.63, 3.8) is 0 Å². The zero-order valence-electron chi connectivity index (χ0n) is 17.6. The number of ketones is 1. The van der Waals surface area contributed by atoms with Gasteiger partial charge in [0.1, 0.15) is 0 Å². The summed E-state index contributed by atoms with van der Waals surface area (Å²) in [5.41, 5.74) is 0.983. The Morgan fingerprint density at radius 1 is 0.889 bits per heavy atom. The van der Waals surface area contributed by atoms with Crippen LogP contribution in [0.25, 0.3) is 0 Å². The molecule has 4 aliphatic rings. The Morgan fingerprint density at radius 3 is 2.44 bits per heavy atom. The molecule has 0 radical (unpaired) electrons. The van der Waals surface area contributed by atoms with E-state index in [9.17, 15) is 9.59 Å². The maximum absolute atomic E-state index is 11.9. The minimum absolute atomic E-state index is 0.339. The third-order valence-corrected chi connectivity index (χ3v) is 9.91. The first-order chi connectivity index (χ1) is 12.9. The van der Waals surface area contributed by atoms with E-state index in [0.29, 0.717) is 23.2 Å². The van der Waals surface area contributed by atoms with Crippen molar-refractivity contribution in [2.75, 3.05) is 7.11 Å². The van der Waals surface area contributed by atoms with Gasteiger partial charge in [-0.3, -0.25) is 4.79 Å². The van der Waals surface area contributed by atoms with Gasteiger partial charge in [0.15, 0.2) is 0 Å². The van der Waals surface area contributed by atoms with Crippen LogP contribution < -0.4 is 0 Å². The molecule has 6 unspecified atom stereocenters. The van der Waals surface area contributed by atoms with Gasteiger partial charge in [-0.15, -0.1) is 0 Å². The topological polar surface area (TPSA) is 43.4 Å². The van der Waals surface area contributed by atoms with Crippen molar-refractivity contribution in [3.8, 4) is 0 Å². The molecule has 0 saturated heterocycles. The van der Waals surface area contributed by atoms with Gasteiger partial charge in [-0.2, -0.15) is 0 Å². The van der Waals surface area contributed by atoms with E-state index in [1.54, 1.807) is 0 Å². The largest absolute Gasteiger partial charge is 0.463 e. The molecule has 3 heteroatoms. The maximum atomic E-state index is 11.9. The number of esters is 1. The molecule has 0 amide bonds. The molecule has 0 N–H and O–H groups in total. The summed E-state index contributed by atoms with van der Waals surface area (Å²) in [5.74, 6) is 3.26. The van der Waals surface area contributed by atoms with Crippen molar-refractivity contribution < 1.29 is 14.3 Å². The molecule has 0 aromatic carbocycles. The molecular formula is C24H38O3. The lowest BCUT2D eigenvalue weighted by Gasteiger charge is -2.60. The Morgan fingerprint density at radius 2 is 1.67 bits per heavy atom. The quantitative estimate of drug-likeness (QED) is 0.478. The third-order valence-electron chi connectivity index (χ3n) is 9.91. The summed E-state index contributed by atoms with van der Waals surface area (Å²) >= 11 is 0. The second-order valence-corrected chi connectivity index (χ2v) is 10.7. The van der Waals surface area contributed by atoms with Crippen LogP contribution in [0, 0.1) is 40.4 Å². The lowest BCUT2D eigenvalue weighted by atomic mass is 9.45.